The van der Waals surface area contributed by atoms with Gasteiger partial charge < -0.3 is 0 Å². The van der Waals surface area contributed by atoms with Gasteiger partial charge in [0, 0.05) is 0 Å². The van der Waals surface area contributed by atoms with Crippen molar-refractivity contribution in [2.24, 2.45) is 23.6 Å². The van der Waals surface area contributed by atoms with Gasteiger partial charge in [0.2, 0.25) is 0 Å². The minimum Gasteiger partial charge on any atom is -0.271 e. The molecular weight excluding hydrogens is 291 g/mol. The van der Waals surface area contributed by atoms with E-state index in [0.717, 1.165) is 17.4 Å². The summed E-state index contributed by atoms with van der Waals surface area (Å²) in [5.74, 6) is 7.95. The number of rotatable bonds is 4. The standard InChI is InChI=1S/C16H24Cl2N2/c1-10(2)11-6-8-12(9-7-11)16(20-19)13-4-3-5-14(17)15(13)18/h3-5,10-12,16,20H,6-9,19H2,1-2H3. The van der Waals surface area contributed by atoms with E-state index in [0.29, 0.717) is 16.0 Å². The van der Waals surface area contributed by atoms with Gasteiger partial charge in [0.1, 0.15) is 0 Å². The molecule has 1 atom stereocenters. The van der Waals surface area contributed by atoms with Crippen molar-refractivity contribution in [1.29, 1.82) is 0 Å². The lowest BCUT2D eigenvalue weighted by atomic mass is 9.73. The summed E-state index contributed by atoms with van der Waals surface area (Å²) in [5.41, 5.74) is 3.98. The summed E-state index contributed by atoms with van der Waals surface area (Å²) in [7, 11) is 0. The topological polar surface area (TPSA) is 38.0 Å². The van der Waals surface area contributed by atoms with Gasteiger partial charge in [0.05, 0.1) is 16.1 Å². The van der Waals surface area contributed by atoms with Gasteiger partial charge in [-0.05, 0) is 55.1 Å². The maximum absolute atomic E-state index is 6.34. The predicted molar refractivity (Wildman–Crippen MR) is 86.8 cm³/mol. The molecule has 4 heteroatoms. The average molecular weight is 315 g/mol. The molecule has 0 amide bonds. The highest BCUT2D eigenvalue weighted by Crippen LogP contribution is 2.41. The molecule has 1 aliphatic rings. The second-order valence-corrected chi connectivity index (χ2v) is 6.99. The van der Waals surface area contributed by atoms with Gasteiger partial charge in [0.25, 0.3) is 0 Å². The second-order valence-electron chi connectivity index (χ2n) is 6.21. The molecule has 2 rings (SSSR count). The van der Waals surface area contributed by atoms with Crippen LogP contribution in [0.25, 0.3) is 0 Å². The minimum absolute atomic E-state index is 0.0920. The van der Waals surface area contributed by atoms with Crippen LogP contribution in [0.5, 0.6) is 0 Å². The fraction of sp³-hybridized carbons (Fsp3) is 0.625. The third-order valence-corrected chi connectivity index (χ3v) is 5.56. The minimum atomic E-state index is 0.0920. The highest BCUT2D eigenvalue weighted by Gasteiger charge is 2.30. The Hall–Kier alpha value is -0.280. The summed E-state index contributed by atoms with van der Waals surface area (Å²) in [6, 6.07) is 5.87. The molecule has 1 aromatic rings. The quantitative estimate of drug-likeness (QED) is 0.609. The molecule has 0 heterocycles. The first-order chi connectivity index (χ1) is 9.54. The Morgan fingerprint density at radius 2 is 1.70 bits per heavy atom. The lowest BCUT2D eigenvalue weighted by Gasteiger charge is -2.35. The summed E-state index contributed by atoms with van der Waals surface area (Å²) in [4.78, 5) is 0. The van der Waals surface area contributed by atoms with E-state index < -0.39 is 0 Å². The Morgan fingerprint density at radius 1 is 1.10 bits per heavy atom. The molecule has 0 bridgehead atoms. The fourth-order valence-corrected chi connectivity index (χ4v) is 3.81. The molecule has 0 saturated heterocycles. The van der Waals surface area contributed by atoms with Crippen LogP contribution >= 0.6 is 23.2 Å². The van der Waals surface area contributed by atoms with Crippen LogP contribution in [-0.4, -0.2) is 0 Å². The summed E-state index contributed by atoms with van der Waals surface area (Å²) < 4.78 is 0. The molecule has 0 aromatic heterocycles. The first-order valence-electron chi connectivity index (χ1n) is 7.44. The molecule has 1 unspecified atom stereocenters. The molecule has 1 saturated carbocycles. The van der Waals surface area contributed by atoms with Gasteiger partial charge in [0.15, 0.2) is 0 Å². The number of hydrazine groups is 1. The van der Waals surface area contributed by atoms with Crippen molar-refractivity contribution in [3.8, 4) is 0 Å². The molecule has 1 fully saturated rings. The van der Waals surface area contributed by atoms with E-state index in [-0.39, 0.29) is 6.04 Å². The van der Waals surface area contributed by atoms with Gasteiger partial charge in [-0.3, -0.25) is 11.3 Å². The first kappa shape index (κ1) is 16.1. The van der Waals surface area contributed by atoms with E-state index in [2.05, 4.69) is 19.3 Å². The second kappa shape index (κ2) is 7.13. The maximum Gasteiger partial charge on any atom is 0.0640 e. The number of hydrogen-bond donors (Lipinski definition) is 2. The van der Waals surface area contributed by atoms with Crippen molar-refractivity contribution < 1.29 is 0 Å². The largest absolute Gasteiger partial charge is 0.271 e. The molecule has 0 aliphatic heterocycles. The van der Waals surface area contributed by atoms with E-state index in [4.69, 9.17) is 29.0 Å². The van der Waals surface area contributed by atoms with Gasteiger partial charge in [-0.1, -0.05) is 49.2 Å². The highest BCUT2D eigenvalue weighted by molar-refractivity contribution is 6.42. The Labute approximate surface area is 132 Å². The van der Waals surface area contributed by atoms with Crippen LogP contribution in [0.4, 0.5) is 0 Å². The molecule has 20 heavy (non-hydrogen) atoms. The van der Waals surface area contributed by atoms with Gasteiger partial charge in [-0.25, -0.2) is 0 Å². The maximum atomic E-state index is 6.34. The summed E-state index contributed by atoms with van der Waals surface area (Å²) in [5, 5.41) is 1.23. The Bertz CT molecular complexity index is 440. The molecule has 0 radical (unpaired) electrons. The van der Waals surface area contributed by atoms with Crippen molar-refractivity contribution in [2.75, 3.05) is 0 Å². The van der Waals surface area contributed by atoms with Crippen LogP contribution < -0.4 is 11.3 Å². The third kappa shape index (κ3) is 3.48. The van der Waals surface area contributed by atoms with Crippen molar-refractivity contribution in [1.82, 2.24) is 5.43 Å². The number of nitrogens with two attached hydrogens (primary N) is 1. The van der Waals surface area contributed by atoms with Crippen molar-refractivity contribution >= 4 is 23.2 Å². The molecule has 1 aromatic carbocycles. The molecular formula is C16H24Cl2N2. The first-order valence-corrected chi connectivity index (χ1v) is 8.20. The molecule has 112 valence electrons. The Morgan fingerprint density at radius 3 is 2.25 bits per heavy atom. The average Bonchev–Trinajstić information content (AvgIpc) is 2.45. The smallest absolute Gasteiger partial charge is 0.0640 e. The summed E-state index contributed by atoms with van der Waals surface area (Å²) in [6.07, 6.45) is 4.94. The van der Waals surface area contributed by atoms with Crippen molar-refractivity contribution in [3.63, 3.8) is 0 Å². The van der Waals surface area contributed by atoms with Gasteiger partial charge >= 0.3 is 0 Å². The van der Waals surface area contributed by atoms with Gasteiger partial charge in [-0.2, -0.15) is 0 Å². The normalized spacial score (nSPS) is 24.9. The molecule has 2 nitrogen and oxygen atoms in total. The van der Waals surface area contributed by atoms with Crippen LogP contribution in [0.15, 0.2) is 18.2 Å². The molecule has 0 spiro atoms. The Balaban J connectivity index is 2.12. The highest BCUT2D eigenvalue weighted by atomic mass is 35.5. The monoisotopic (exact) mass is 314 g/mol. The lowest BCUT2D eigenvalue weighted by Crippen LogP contribution is -2.36. The van der Waals surface area contributed by atoms with E-state index >= 15 is 0 Å². The number of hydrogen-bond acceptors (Lipinski definition) is 2. The van der Waals surface area contributed by atoms with Crippen LogP contribution in [0, 0.1) is 17.8 Å². The SMILES string of the molecule is CC(C)C1CCC(C(NN)c2cccc(Cl)c2Cl)CC1. The van der Waals surface area contributed by atoms with Crippen LogP contribution in [0.1, 0.15) is 51.1 Å². The number of halogens is 2. The summed E-state index contributed by atoms with van der Waals surface area (Å²) >= 11 is 12.5. The third-order valence-electron chi connectivity index (χ3n) is 4.73. The fourth-order valence-electron chi connectivity index (χ4n) is 3.39. The zero-order valence-electron chi connectivity index (χ0n) is 12.2. The number of benzene rings is 1. The molecule has 3 N–H and O–H groups in total. The zero-order chi connectivity index (χ0) is 14.7. The number of nitrogens with one attached hydrogen (secondary N) is 1. The van der Waals surface area contributed by atoms with Crippen LogP contribution in [0.2, 0.25) is 10.0 Å². The molecule has 1 aliphatic carbocycles. The predicted octanol–water partition coefficient (Wildman–Crippen LogP) is 4.96. The van der Waals surface area contributed by atoms with E-state index in [9.17, 15) is 0 Å². The van der Waals surface area contributed by atoms with E-state index in [1.165, 1.54) is 25.7 Å². The van der Waals surface area contributed by atoms with E-state index in [1.807, 2.05) is 18.2 Å². The summed E-state index contributed by atoms with van der Waals surface area (Å²) in [6.45, 7) is 4.63. The van der Waals surface area contributed by atoms with Crippen LogP contribution in [0.3, 0.4) is 0 Å². The van der Waals surface area contributed by atoms with Crippen molar-refractivity contribution in [3.05, 3.63) is 33.8 Å². The lowest BCUT2D eigenvalue weighted by molar-refractivity contribution is 0.189. The van der Waals surface area contributed by atoms with Crippen LogP contribution in [-0.2, 0) is 0 Å². The van der Waals surface area contributed by atoms with E-state index in [1.54, 1.807) is 0 Å². The Kier molecular flexibility index (Phi) is 5.74. The van der Waals surface area contributed by atoms with Crippen molar-refractivity contribution in [2.45, 2.75) is 45.6 Å². The zero-order valence-corrected chi connectivity index (χ0v) is 13.7. The van der Waals surface area contributed by atoms with Gasteiger partial charge in [-0.15, -0.1) is 0 Å².